The molecule has 0 saturated carbocycles. The molecule has 1 aliphatic heterocycles. The van der Waals surface area contributed by atoms with Crippen LogP contribution in [0.15, 0.2) is 29.2 Å². The Kier molecular flexibility index (Phi) is 4.21. The van der Waals surface area contributed by atoms with E-state index in [1.54, 1.807) is 11.8 Å². The van der Waals surface area contributed by atoms with Crippen LogP contribution in [-0.4, -0.2) is 24.2 Å². The molecular formula is C15H22N2OS. The third-order valence-corrected chi connectivity index (χ3v) is 4.80. The number of carbonyl (C=O) groups excluding carboxylic acids is 1. The number of benzene rings is 1. The van der Waals surface area contributed by atoms with Crippen molar-refractivity contribution in [2.45, 2.75) is 37.6 Å². The van der Waals surface area contributed by atoms with Gasteiger partial charge in [0.05, 0.1) is 5.92 Å². The summed E-state index contributed by atoms with van der Waals surface area (Å²) >= 11 is 1.75. The van der Waals surface area contributed by atoms with Crippen molar-refractivity contribution in [3.05, 3.63) is 29.8 Å². The smallest absolute Gasteiger partial charge is 0.228 e. The Balaban J connectivity index is 2.10. The van der Waals surface area contributed by atoms with Crippen LogP contribution in [0, 0.1) is 5.41 Å². The first-order valence-corrected chi connectivity index (χ1v) is 7.64. The maximum Gasteiger partial charge on any atom is 0.228 e. The Bertz CT molecular complexity index is 467. The highest BCUT2D eigenvalue weighted by Gasteiger charge is 2.32. The summed E-state index contributed by atoms with van der Waals surface area (Å²) in [5.74, 6) is 0.882. The summed E-state index contributed by atoms with van der Waals surface area (Å²) in [6, 6.07) is 8.16. The molecule has 3 nitrogen and oxygen atoms in total. The normalized spacial score (nSPS) is 19.9. The van der Waals surface area contributed by atoms with Crippen molar-refractivity contribution in [3.63, 3.8) is 0 Å². The molecule has 2 atom stereocenters. The zero-order chi connectivity index (χ0) is 14.0. The Morgan fingerprint density at radius 1 is 1.47 bits per heavy atom. The van der Waals surface area contributed by atoms with Crippen LogP contribution in [0.4, 0.5) is 0 Å². The van der Waals surface area contributed by atoms with Gasteiger partial charge in [-0.25, -0.2) is 0 Å². The van der Waals surface area contributed by atoms with E-state index in [-0.39, 0.29) is 23.3 Å². The molecule has 0 aliphatic carbocycles. The van der Waals surface area contributed by atoms with Gasteiger partial charge in [0.15, 0.2) is 0 Å². The van der Waals surface area contributed by atoms with Gasteiger partial charge in [0, 0.05) is 23.2 Å². The van der Waals surface area contributed by atoms with E-state index in [1.165, 1.54) is 4.90 Å². The van der Waals surface area contributed by atoms with Gasteiger partial charge >= 0.3 is 0 Å². The average molecular weight is 278 g/mol. The van der Waals surface area contributed by atoms with E-state index in [2.05, 4.69) is 32.2 Å². The minimum atomic E-state index is -0.0439. The molecule has 1 aromatic carbocycles. The number of thioether (sulfide) groups is 1. The van der Waals surface area contributed by atoms with Crippen molar-refractivity contribution >= 4 is 17.7 Å². The summed E-state index contributed by atoms with van der Waals surface area (Å²) in [5.41, 5.74) is 6.91. The van der Waals surface area contributed by atoms with Gasteiger partial charge in [-0.05, 0) is 17.0 Å². The predicted octanol–water partition coefficient (Wildman–Crippen LogP) is 2.37. The number of nitrogens with two attached hydrogens (primary N) is 1. The van der Waals surface area contributed by atoms with Crippen molar-refractivity contribution in [3.8, 4) is 0 Å². The molecule has 3 N–H and O–H groups in total. The van der Waals surface area contributed by atoms with E-state index in [1.807, 2.05) is 18.2 Å². The van der Waals surface area contributed by atoms with Crippen molar-refractivity contribution < 1.29 is 4.79 Å². The van der Waals surface area contributed by atoms with E-state index in [0.717, 1.165) is 11.3 Å². The Labute approximate surface area is 119 Å². The zero-order valence-electron chi connectivity index (χ0n) is 11.8. The molecule has 0 radical (unpaired) electrons. The molecule has 1 amide bonds. The number of hydrogen-bond donors (Lipinski definition) is 2. The van der Waals surface area contributed by atoms with E-state index in [4.69, 9.17) is 5.73 Å². The Morgan fingerprint density at radius 2 is 2.16 bits per heavy atom. The third kappa shape index (κ3) is 3.12. The lowest BCUT2D eigenvalue weighted by molar-refractivity contribution is -0.123. The molecule has 0 spiro atoms. The van der Waals surface area contributed by atoms with Gasteiger partial charge < -0.3 is 11.1 Å². The number of nitrogens with one attached hydrogen (secondary N) is 1. The molecule has 1 heterocycles. The highest BCUT2D eigenvalue weighted by molar-refractivity contribution is 7.99. The van der Waals surface area contributed by atoms with Crippen LogP contribution in [0.25, 0.3) is 0 Å². The van der Waals surface area contributed by atoms with E-state index >= 15 is 0 Å². The number of carbonyl (C=O) groups is 1. The molecule has 4 heteroatoms. The second-order valence-electron chi connectivity index (χ2n) is 6.06. The van der Waals surface area contributed by atoms with E-state index in [9.17, 15) is 4.79 Å². The fraction of sp³-hybridized carbons (Fsp3) is 0.533. The molecule has 2 unspecified atom stereocenters. The maximum atomic E-state index is 12.4. The summed E-state index contributed by atoms with van der Waals surface area (Å²) in [5, 5.41) is 3.11. The minimum absolute atomic E-state index is 0.0118. The average Bonchev–Trinajstić information content (AvgIpc) is 2.78. The number of hydrogen-bond acceptors (Lipinski definition) is 3. The second-order valence-corrected chi connectivity index (χ2v) is 7.13. The lowest BCUT2D eigenvalue weighted by atomic mass is 9.86. The zero-order valence-corrected chi connectivity index (χ0v) is 12.6. The van der Waals surface area contributed by atoms with Crippen molar-refractivity contribution in [1.29, 1.82) is 0 Å². The van der Waals surface area contributed by atoms with Crippen molar-refractivity contribution in [2.75, 3.05) is 12.3 Å². The molecular weight excluding hydrogens is 256 g/mol. The minimum Gasteiger partial charge on any atom is -0.351 e. The third-order valence-electron chi connectivity index (χ3n) is 3.61. The lowest BCUT2D eigenvalue weighted by Gasteiger charge is -2.31. The molecule has 1 aliphatic rings. The van der Waals surface area contributed by atoms with Crippen LogP contribution in [0.5, 0.6) is 0 Å². The van der Waals surface area contributed by atoms with Gasteiger partial charge in [0.25, 0.3) is 0 Å². The van der Waals surface area contributed by atoms with E-state index < -0.39 is 0 Å². The molecule has 0 aromatic heterocycles. The molecule has 0 bridgehead atoms. The number of rotatable bonds is 3. The van der Waals surface area contributed by atoms with E-state index in [0.29, 0.717) is 6.54 Å². The van der Waals surface area contributed by atoms with Crippen molar-refractivity contribution in [2.24, 2.45) is 11.1 Å². The summed E-state index contributed by atoms with van der Waals surface area (Å²) in [7, 11) is 0. The van der Waals surface area contributed by atoms with Crippen LogP contribution in [0.2, 0.25) is 0 Å². The number of amides is 1. The molecule has 104 valence electrons. The fourth-order valence-corrected chi connectivity index (χ4v) is 3.51. The van der Waals surface area contributed by atoms with Gasteiger partial charge in [-0.1, -0.05) is 39.0 Å². The van der Waals surface area contributed by atoms with Crippen LogP contribution in [0.3, 0.4) is 0 Å². The van der Waals surface area contributed by atoms with Crippen LogP contribution < -0.4 is 11.1 Å². The first kappa shape index (κ1) is 14.4. The fourth-order valence-electron chi connectivity index (χ4n) is 2.28. The van der Waals surface area contributed by atoms with Crippen LogP contribution >= 0.6 is 11.8 Å². The second kappa shape index (κ2) is 5.55. The molecule has 2 rings (SSSR count). The van der Waals surface area contributed by atoms with Crippen LogP contribution in [-0.2, 0) is 4.79 Å². The largest absolute Gasteiger partial charge is 0.351 e. The summed E-state index contributed by atoms with van der Waals surface area (Å²) in [6.07, 6.45) is 0. The van der Waals surface area contributed by atoms with Gasteiger partial charge in [-0.15, -0.1) is 11.8 Å². The topological polar surface area (TPSA) is 55.1 Å². The Morgan fingerprint density at radius 3 is 2.79 bits per heavy atom. The highest BCUT2D eigenvalue weighted by atomic mass is 32.2. The first-order chi connectivity index (χ1) is 8.93. The predicted molar refractivity (Wildman–Crippen MR) is 80.3 cm³/mol. The summed E-state index contributed by atoms with van der Waals surface area (Å²) in [4.78, 5) is 13.7. The summed E-state index contributed by atoms with van der Waals surface area (Å²) < 4.78 is 0. The highest BCUT2D eigenvalue weighted by Crippen LogP contribution is 2.39. The van der Waals surface area contributed by atoms with Gasteiger partial charge in [-0.2, -0.15) is 0 Å². The van der Waals surface area contributed by atoms with Crippen LogP contribution in [0.1, 0.15) is 32.3 Å². The maximum absolute atomic E-state index is 12.4. The standard InChI is InChI=1S/C15H22N2OS/c1-15(2,3)13(8-16)17-14(18)11-9-19-12-7-5-4-6-10(11)12/h4-7,11,13H,8-9,16H2,1-3H3,(H,17,18). The first-order valence-electron chi connectivity index (χ1n) is 6.65. The van der Waals surface area contributed by atoms with Crippen molar-refractivity contribution in [1.82, 2.24) is 5.32 Å². The lowest BCUT2D eigenvalue weighted by Crippen LogP contribution is -2.49. The molecule has 0 fully saturated rings. The van der Waals surface area contributed by atoms with Gasteiger partial charge in [0.2, 0.25) is 5.91 Å². The quantitative estimate of drug-likeness (QED) is 0.892. The number of fused-ring (bicyclic) bond motifs is 1. The molecule has 19 heavy (non-hydrogen) atoms. The SMILES string of the molecule is CC(C)(C)C(CN)NC(=O)C1CSc2ccccc21. The van der Waals surface area contributed by atoms with Gasteiger partial charge in [0.1, 0.15) is 0 Å². The summed E-state index contributed by atoms with van der Waals surface area (Å²) in [6.45, 7) is 6.77. The molecule has 0 saturated heterocycles. The van der Waals surface area contributed by atoms with Gasteiger partial charge in [-0.3, -0.25) is 4.79 Å². The Hall–Kier alpha value is -1.00. The molecule has 1 aromatic rings. The monoisotopic (exact) mass is 278 g/mol.